The fourth-order valence-corrected chi connectivity index (χ4v) is 1.48. The molecule has 5 heteroatoms. The monoisotopic (exact) mass is 217 g/mol. The van der Waals surface area contributed by atoms with Crippen LogP contribution in [0.25, 0.3) is 11.3 Å². The Bertz CT molecular complexity index is 519. The van der Waals surface area contributed by atoms with Crippen LogP contribution in [0, 0.1) is 0 Å². The maximum absolute atomic E-state index is 11.5. The molecule has 82 valence electrons. The smallest absolute Gasteiger partial charge is 0.338 e. The fourth-order valence-electron chi connectivity index (χ4n) is 1.48. The van der Waals surface area contributed by atoms with Crippen molar-refractivity contribution in [2.45, 2.75) is 0 Å². The molecule has 2 aromatic rings. The van der Waals surface area contributed by atoms with Crippen molar-refractivity contribution in [2.75, 3.05) is 12.8 Å². The van der Waals surface area contributed by atoms with E-state index in [1.54, 1.807) is 24.3 Å². The number of hydrogen-bond donors (Lipinski definition) is 2. The number of rotatable bonds is 2. The van der Waals surface area contributed by atoms with E-state index in [1.807, 2.05) is 6.07 Å². The number of aromatic nitrogens is 2. The van der Waals surface area contributed by atoms with E-state index in [4.69, 9.17) is 10.5 Å². The number of carbonyl (C=O) groups excluding carboxylic acids is 1. The summed E-state index contributed by atoms with van der Waals surface area (Å²) in [6, 6.07) is 8.77. The van der Waals surface area contributed by atoms with Gasteiger partial charge < -0.3 is 10.5 Å². The number of methoxy groups -OCH3 is 1. The summed E-state index contributed by atoms with van der Waals surface area (Å²) in [4.78, 5) is 11.5. The summed E-state index contributed by atoms with van der Waals surface area (Å²) in [6.07, 6.45) is 0. The number of nitrogens with one attached hydrogen (secondary N) is 1. The highest BCUT2D eigenvalue weighted by atomic mass is 16.5. The molecule has 0 amide bonds. The number of aromatic amines is 1. The van der Waals surface area contributed by atoms with E-state index >= 15 is 0 Å². The van der Waals surface area contributed by atoms with Gasteiger partial charge in [0, 0.05) is 11.6 Å². The molecule has 0 spiro atoms. The van der Waals surface area contributed by atoms with Gasteiger partial charge in [0.1, 0.15) is 5.82 Å². The van der Waals surface area contributed by atoms with Gasteiger partial charge in [0.25, 0.3) is 0 Å². The largest absolute Gasteiger partial charge is 0.465 e. The normalized spacial score (nSPS) is 10.1. The minimum absolute atomic E-state index is 0.384. The summed E-state index contributed by atoms with van der Waals surface area (Å²) in [7, 11) is 1.35. The predicted octanol–water partition coefficient (Wildman–Crippen LogP) is 1.45. The zero-order chi connectivity index (χ0) is 11.5. The molecule has 1 aromatic heterocycles. The number of nitrogens with two attached hydrogens (primary N) is 1. The van der Waals surface area contributed by atoms with Crippen molar-refractivity contribution in [3.63, 3.8) is 0 Å². The highest BCUT2D eigenvalue weighted by molar-refractivity contribution is 5.96. The first-order chi connectivity index (χ1) is 7.72. The zero-order valence-electron chi connectivity index (χ0n) is 8.73. The Kier molecular flexibility index (Phi) is 2.59. The van der Waals surface area contributed by atoms with Gasteiger partial charge in [-0.25, -0.2) is 4.79 Å². The lowest BCUT2D eigenvalue weighted by molar-refractivity contribution is 0.0601. The second-order valence-electron chi connectivity index (χ2n) is 3.24. The molecule has 5 nitrogen and oxygen atoms in total. The average Bonchev–Trinajstić information content (AvgIpc) is 2.75. The number of nitrogens with zero attached hydrogens (tertiary/aromatic N) is 1. The average molecular weight is 217 g/mol. The number of carbonyl (C=O) groups is 1. The Morgan fingerprint density at radius 1 is 1.44 bits per heavy atom. The molecular formula is C11H11N3O2. The summed E-state index contributed by atoms with van der Waals surface area (Å²) in [5.41, 5.74) is 7.41. The van der Waals surface area contributed by atoms with Crippen LogP contribution in [0.3, 0.4) is 0 Å². The number of H-pyrrole nitrogens is 1. The van der Waals surface area contributed by atoms with Crippen LogP contribution in [-0.4, -0.2) is 23.3 Å². The highest BCUT2D eigenvalue weighted by Crippen LogP contribution is 2.23. The molecule has 2 rings (SSSR count). The summed E-state index contributed by atoms with van der Waals surface area (Å²) in [5, 5.41) is 6.58. The third-order valence-electron chi connectivity index (χ3n) is 2.22. The molecule has 0 aliphatic rings. The molecule has 1 aromatic carbocycles. The molecule has 16 heavy (non-hydrogen) atoms. The van der Waals surface area contributed by atoms with Crippen molar-refractivity contribution in [1.82, 2.24) is 10.2 Å². The summed E-state index contributed by atoms with van der Waals surface area (Å²) in [5.74, 6) is -0.00144. The molecule has 0 aliphatic carbocycles. The van der Waals surface area contributed by atoms with Crippen LogP contribution in [0.15, 0.2) is 30.3 Å². The summed E-state index contributed by atoms with van der Waals surface area (Å²) in [6.45, 7) is 0. The first kappa shape index (κ1) is 10.2. The molecule has 0 unspecified atom stereocenters. The van der Waals surface area contributed by atoms with Crippen LogP contribution in [0.2, 0.25) is 0 Å². The third kappa shape index (κ3) is 1.75. The number of esters is 1. The molecule has 0 atom stereocenters. The predicted molar refractivity (Wildman–Crippen MR) is 59.8 cm³/mol. The Balaban J connectivity index is 2.52. The van der Waals surface area contributed by atoms with Crippen molar-refractivity contribution in [2.24, 2.45) is 0 Å². The second-order valence-corrected chi connectivity index (χ2v) is 3.24. The van der Waals surface area contributed by atoms with Gasteiger partial charge in [-0.05, 0) is 6.07 Å². The number of anilines is 1. The topological polar surface area (TPSA) is 81.0 Å². The number of benzene rings is 1. The van der Waals surface area contributed by atoms with Crippen LogP contribution in [0.1, 0.15) is 10.4 Å². The number of ether oxygens (including phenoxy) is 1. The number of nitrogen functional groups attached to an aromatic ring is 1. The van der Waals surface area contributed by atoms with E-state index in [1.165, 1.54) is 7.11 Å². The minimum Gasteiger partial charge on any atom is -0.465 e. The van der Waals surface area contributed by atoms with Crippen LogP contribution in [0.5, 0.6) is 0 Å². The lowest BCUT2D eigenvalue weighted by Gasteiger charge is -2.04. The molecular weight excluding hydrogens is 206 g/mol. The Morgan fingerprint density at radius 3 is 2.81 bits per heavy atom. The van der Waals surface area contributed by atoms with Gasteiger partial charge in [0.15, 0.2) is 0 Å². The van der Waals surface area contributed by atoms with Gasteiger partial charge in [-0.15, -0.1) is 0 Å². The molecule has 0 saturated carbocycles. The second kappa shape index (κ2) is 4.06. The molecule has 0 radical (unpaired) electrons. The lowest BCUT2D eigenvalue weighted by Crippen LogP contribution is -2.03. The maximum Gasteiger partial charge on any atom is 0.338 e. The van der Waals surface area contributed by atoms with Gasteiger partial charge in [0.05, 0.1) is 18.4 Å². The molecule has 0 saturated heterocycles. The van der Waals surface area contributed by atoms with Gasteiger partial charge in [0.2, 0.25) is 0 Å². The first-order valence-electron chi connectivity index (χ1n) is 4.71. The van der Waals surface area contributed by atoms with E-state index in [-0.39, 0.29) is 5.97 Å². The van der Waals surface area contributed by atoms with Gasteiger partial charge in [-0.3, -0.25) is 5.10 Å². The van der Waals surface area contributed by atoms with Gasteiger partial charge in [-0.2, -0.15) is 5.10 Å². The van der Waals surface area contributed by atoms with Crippen LogP contribution in [-0.2, 0) is 4.74 Å². The SMILES string of the molecule is COC(=O)c1ccccc1-c1cc(N)n[nH]1. The van der Waals surface area contributed by atoms with Crippen molar-refractivity contribution < 1.29 is 9.53 Å². The van der Waals surface area contributed by atoms with Crippen LogP contribution >= 0.6 is 0 Å². The van der Waals surface area contributed by atoms with Crippen molar-refractivity contribution in [1.29, 1.82) is 0 Å². The van der Waals surface area contributed by atoms with E-state index in [2.05, 4.69) is 10.2 Å². The quantitative estimate of drug-likeness (QED) is 0.746. The summed E-state index contributed by atoms with van der Waals surface area (Å²) < 4.78 is 4.70. The van der Waals surface area contributed by atoms with Crippen LogP contribution < -0.4 is 5.73 Å². The molecule has 3 N–H and O–H groups in total. The third-order valence-corrected chi connectivity index (χ3v) is 2.22. The fraction of sp³-hybridized carbons (Fsp3) is 0.0909. The van der Waals surface area contributed by atoms with Gasteiger partial charge >= 0.3 is 5.97 Å². The van der Waals surface area contributed by atoms with E-state index in [0.29, 0.717) is 17.1 Å². The number of hydrogen-bond acceptors (Lipinski definition) is 4. The zero-order valence-corrected chi connectivity index (χ0v) is 8.73. The molecule has 0 bridgehead atoms. The van der Waals surface area contributed by atoms with Crippen molar-refractivity contribution in [3.05, 3.63) is 35.9 Å². The molecule has 0 aliphatic heterocycles. The maximum atomic E-state index is 11.5. The first-order valence-corrected chi connectivity index (χ1v) is 4.71. The minimum atomic E-state index is -0.385. The standard InChI is InChI=1S/C11H11N3O2/c1-16-11(15)8-5-3-2-4-7(8)9-6-10(12)14-13-9/h2-6H,1H3,(H3,12,13,14). The Morgan fingerprint density at radius 2 is 2.19 bits per heavy atom. The molecule has 0 fully saturated rings. The van der Waals surface area contributed by atoms with Crippen molar-refractivity contribution in [3.8, 4) is 11.3 Å². The van der Waals surface area contributed by atoms with Crippen molar-refractivity contribution >= 4 is 11.8 Å². The van der Waals surface area contributed by atoms with E-state index < -0.39 is 0 Å². The lowest BCUT2D eigenvalue weighted by atomic mass is 10.0. The highest BCUT2D eigenvalue weighted by Gasteiger charge is 2.13. The Hall–Kier alpha value is -2.30. The van der Waals surface area contributed by atoms with E-state index in [0.717, 1.165) is 5.56 Å². The Labute approximate surface area is 92.2 Å². The van der Waals surface area contributed by atoms with E-state index in [9.17, 15) is 4.79 Å². The van der Waals surface area contributed by atoms with Gasteiger partial charge in [-0.1, -0.05) is 18.2 Å². The summed E-state index contributed by atoms with van der Waals surface area (Å²) >= 11 is 0. The molecule has 1 heterocycles. The van der Waals surface area contributed by atoms with Crippen LogP contribution in [0.4, 0.5) is 5.82 Å².